The molecule has 148 heavy (non-hydrogen) atoms. The molecule has 16 aromatic rings. The number of rotatable bonds is 29. The molecule has 0 saturated carbocycles. The smallest absolute Gasteiger partial charge is 0.245 e. The van der Waals surface area contributed by atoms with Gasteiger partial charge >= 0.3 is 0 Å². The minimum atomic E-state index is -0.484. The van der Waals surface area contributed by atoms with E-state index in [2.05, 4.69) is 140 Å². The molecule has 4 aliphatic heterocycles. The van der Waals surface area contributed by atoms with E-state index in [0.717, 1.165) is 158 Å². The lowest BCUT2D eigenvalue weighted by Gasteiger charge is -2.33. The minimum Gasteiger partial charge on any atom is -0.508 e. The summed E-state index contributed by atoms with van der Waals surface area (Å²) in [5.74, 6) is 3.50. The molecule has 20 rings (SSSR count). The van der Waals surface area contributed by atoms with Gasteiger partial charge in [0.25, 0.3) is 0 Å². The molecule has 12 heterocycles. The Hall–Kier alpha value is -18.1. The quantitative estimate of drug-likeness (QED) is 0.0153. The molecule has 36 nitrogen and oxygen atoms in total. The van der Waals surface area contributed by atoms with Crippen LogP contribution in [0.15, 0.2) is 312 Å². The molecule has 8 aromatic heterocycles. The lowest BCUT2D eigenvalue weighted by molar-refractivity contribution is 0.0379. The van der Waals surface area contributed by atoms with Gasteiger partial charge in [0.2, 0.25) is 23.8 Å². The number of phenols is 4. The van der Waals surface area contributed by atoms with Crippen LogP contribution in [0.5, 0.6) is 23.0 Å². The number of hydrogen-bond acceptors (Lipinski definition) is 36. The van der Waals surface area contributed by atoms with Crippen molar-refractivity contribution in [1.82, 2.24) is 59.8 Å². The molecule has 0 bridgehead atoms. The fourth-order valence-corrected chi connectivity index (χ4v) is 16.0. The molecule has 3 atom stereocenters. The van der Waals surface area contributed by atoms with Gasteiger partial charge < -0.3 is 80.2 Å². The van der Waals surface area contributed by atoms with Gasteiger partial charge in [-0.1, -0.05) is 104 Å². The van der Waals surface area contributed by atoms with Crippen molar-refractivity contribution in [1.29, 1.82) is 0 Å². The zero-order valence-corrected chi connectivity index (χ0v) is 81.8. The first-order valence-electron chi connectivity index (χ1n) is 48.1. The number of hydrogen-bond donors (Lipinski definition) is 12. The van der Waals surface area contributed by atoms with E-state index in [1.165, 1.54) is 6.21 Å². The summed E-state index contributed by atoms with van der Waals surface area (Å²) in [6.45, 7) is 18.6. The Morgan fingerprint density at radius 1 is 0.318 bits per heavy atom. The van der Waals surface area contributed by atoms with Crippen molar-refractivity contribution in [2.45, 2.75) is 59.4 Å². The Bertz CT molecular complexity index is 7200. The van der Waals surface area contributed by atoms with Gasteiger partial charge in [-0.2, -0.15) is 40.3 Å². The van der Waals surface area contributed by atoms with E-state index in [-0.39, 0.29) is 64.8 Å². The topological polar surface area (TPSA) is 431 Å². The Morgan fingerprint density at radius 3 is 0.946 bits per heavy atom. The average Bonchev–Trinajstić information content (AvgIpc) is 0.817. The monoisotopic (exact) mass is 1990 g/mol. The number of nitrogens with zero attached hydrogens (tertiary/aromatic N) is 20. The predicted molar refractivity (Wildman–Crippen MR) is 577 cm³/mol. The largest absolute Gasteiger partial charge is 0.508 e. The fraction of sp³-hybridized carbons (Fsp3) is 0.200. The highest BCUT2D eigenvalue weighted by Crippen LogP contribution is 2.34. The van der Waals surface area contributed by atoms with Gasteiger partial charge in [0, 0.05) is 98.6 Å². The van der Waals surface area contributed by atoms with E-state index in [0.29, 0.717) is 93.9 Å². The minimum absolute atomic E-state index is 0.00476. The summed E-state index contributed by atoms with van der Waals surface area (Å²) in [7, 11) is 0. The summed E-state index contributed by atoms with van der Waals surface area (Å²) in [4.78, 5) is 60.3. The van der Waals surface area contributed by atoms with Gasteiger partial charge in [-0.05, 0) is 224 Å². The number of pyridine rings is 4. The number of aromatic nitrogens is 12. The van der Waals surface area contributed by atoms with E-state index in [1.807, 2.05) is 244 Å². The lowest BCUT2D eigenvalue weighted by atomic mass is 10.1. The molecule has 4 saturated heterocycles. The van der Waals surface area contributed by atoms with E-state index in [1.54, 1.807) is 92.0 Å². The molecule has 0 radical (unpaired) electrons. The van der Waals surface area contributed by atoms with Crippen molar-refractivity contribution < 1.29 is 48.2 Å². The first-order chi connectivity index (χ1) is 72.2. The number of benzene rings is 8. The molecule has 4 aliphatic rings. The Labute approximate surface area is 853 Å². The van der Waals surface area contributed by atoms with Crippen molar-refractivity contribution in [3.63, 3.8) is 0 Å². The first-order valence-corrected chi connectivity index (χ1v) is 48.1. The molecule has 0 spiro atoms. The van der Waals surface area contributed by atoms with Gasteiger partial charge in [0.15, 0.2) is 23.3 Å². The fourth-order valence-electron chi connectivity index (χ4n) is 16.0. The number of aryl methyl sites for hydroxylation is 2. The van der Waals surface area contributed by atoms with Gasteiger partial charge in [0.1, 0.15) is 34.6 Å². The summed E-state index contributed by atoms with van der Waals surface area (Å²) in [6, 6.07) is 79.6. The SMILES string of the molecule is CC1CN(c2nc(N/N=C/c3ccc(Nc4ccc(-c5cccc(O)c5)cc4)cn3)ncc2F)CCO1.CCC1CN(c2nc(N/N=C/c3ccc(Nc4ccc(-c5cccc(O)c5)cc4)cn3)ncc2F)CCO1.Cc1cc(N2CCOC(C)C2)nc(N/N=C/c2ccc(Nc3ccc(-c4cccc(O)c4)cc3)cn2)n1.Cc1cc(N2CCOCC2)nc(N/N=C/c2ccc(Nc3ccc(-c4cccc(O)c4)cc3)cn2)n1. The van der Waals surface area contributed by atoms with E-state index < -0.39 is 11.6 Å². The summed E-state index contributed by atoms with van der Waals surface area (Å²) >= 11 is 0. The number of phenolic OH excluding ortho intramolecular Hbond substituents is 4. The van der Waals surface area contributed by atoms with Gasteiger partial charge in [-0.3, -0.25) is 19.9 Å². The molecule has 3 unspecified atom stereocenters. The van der Waals surface area contributed by atoms with Crippen molar-refractivity contribution >= 4 is 117 Å². The molecule has 38 heteroatoms. The number of nitrogens with one attached hydrogen (secondary N) is 8. The number of aromatic hydroxyl groups is 4. The Kier molecular flexibility index (Phi) is 34.4. The summed E-state index contributed by atoms with van der Waals surface area (Å²) in [5, 5.41) is 68.9. The van der Waals surface area contributed by atoms with Crippen LogP contribution in [0.1, 0.15) is 61.4 Å². The van der Waals surface area contributed by atoms with Crippen LogP contribution in [0.25, 0.3) is 44.5 Å². The maximum Gasteiger partial charge on any atom is 0.245 e. The molecular formula is C110H110F2N28O8. The van der Waals surface area contributed by atoms with E-state index in [9.17, 15) is 29.2 Å². The van der Waals surface area contributed by atoms with Crippen LogP contribution in [0.2, 0.25) is 0 Å². The van der Waals surface area contributed by atoms with Crippen LogP contribution in [0.4, 0.5) is 101 Å². The van der Waals surface area contributed by atoms with E-state index >= 15 is 0 Å². The Balaban J connectivity index is 0.000000135. The zero-order valence-electron chi connectivity index (χ0n) is 81.8. The predicted octanol–water partition coefficient (Wildman–Crippen LogP) is 19.5. The molecule has 0 amide bonds. The normalized spacial score (nSPS) is 15.1. The van der Waals surface area contributed by atoms with Gasteiger partial charge in [-0.25, -0.2) is 50.4 Å². The van der Waals surface area contributed by atoms with E-state index in [4.69, 9.17) is 18.9 Å². The number of ether oxygens (including phenoxy) is 4. The summed E-state index contributed by atoms with van der Waals surface area (Å²) < 4.78 is 50.9. The van der Waals surface area contributed by atoms with Crippen molar-refractivity contribution in [3.05, 3.63) is 338 Å². The average molecular weight is 1990 g/mol. The van der Waals surface area contributed by atoms with Crippen molar-refractivity contribution in [2.24, 2.45) is 20.4 Å². The van der Waals surface area contributed by atoms with Crippen LogP contribution >= 0.6 is 0 Å². The van der Waals surface area contributed by atoms with Gasteiger partial charge in [-0.15, -0.1) is 0 Å². The van der Waals surface area contributed by atoms with Crippen LogP contribution in [-0.4, -0.2) is 209 Å². The number of hydrazone groups is 4. The lowest BCUT2D eigenvalue weighted by Crippen LogP contribution is -2.43. The third-order valence-corrected chi connectivity index (χ3v) is 23.5. The van der Waals surface area contributed by atoms with Crippen LogP contribution in [0, 0.1) is 25.5 Å². The third kappa shape index (κ3) is 29.6. The highest BCUT2D eigenvalue weighted by Gasteiger charge is 2.26. The second kappa shape index (κ2) is 50.2. The first kappa shape index (κ1) is 101. The Morgan fingerprint density at radius 2 is 0.622 bits per heavy atom. The number of halogens is 2. The number of morpholine rings is 4. The molecule has 8 aromatic carbocycles. The standard InChI is InChI=1S/C28H28FN7O2.C28H29N7O2.C27H26FN7O2.C27H27N7O2/c1-2-25-18-36(12-13-38-25)27-26(29)17-31-28(34-27)35-32-16-22-10-11-23(15-30-22)33-21-8-6-19(7-9-21)20-4-3-5-24(37)14-20;1-19-14-27(35-12-13-37-20(2)18-35)33-28(31-19)34-30-17-24-10-11-25(16-29-24)32-23-8-6-21(7-9-23)22-4-3-5-26(36)15-22;1-18-17-35(11-12-37-18)26-25(28)16-30-27(33-26)34-31-15-22-9-10-23(14-29-22)32-21-7-5-19(6-8-21)20-3-2-4-24(36)13-20;1-19-15-26(34-11-13-36-14-12-34)32-27(30-19)33-29-18-23-9-10-24(17-28-23)31-22-7-5-20(6-8-22)21-3-2-4-25(35)16-21/h3-11,14-17,25,33,37H,2,12-13,18H2,1H3,(H,31,34,35);3-11,14-17,20,32,36H,12-13,18H2,1-2H3,(H,31,33,34);2-10,13-16,18,32,36H,11-12,17H2,1H3,(H,30,33,34);2-10,15-18,31,35H,11-14H2,1H3,(H,30,32,33)/b32-16+;30-17+;31-15+;29-18+. The van der Waals surface area contributed by atoms with Crippen molar-refractivity contribution in [3.8, 4) is 67.5 Å². The van der Waals surface area contributed by atoms with Crippen LogP contribution in [-0.2, 0) is 18.9 Å². The molecule has 4 fully saturated rings. The highest BCUT2D eigenvalue weighted by molar-refractivity contribution is 5.82. The summed E-state index contributed by atoms with van der Waals surface area (Å²) in [5.41, 5.74) is 30.7. The number of anilines is 16. The summed E-state index contributed by atoms with van der Waals surface area (Å²) in [6.07, 6.45) is 16.6. The van der Waals surface area contributed by atoms with Crippen LogP contribution in [0.3, 0.4) is 0 Å². The molecule has 0 aliphatic carbocycles. The second-order valence-electron chi connectivity index (χ2n) is 34.7. The zero-order chi connectivity index (χ0) is 102. The molecule has 12 N–H and O–H groups in total. The maximum absolute atomic E-state index is 14.4. The molecule has 752 valence electrons. The van der Waals surface area contributed by atoms with Crippen molar-refractivity contribution in [2.75, 3.05) is 148 Å². The maximum atomic E-state index is 14.4. The second-order valence-corrected chi connectivity index (χ2v) is 34.7. The van der Waals surface area contributed by atoms with Gasteiger partial charge in [0.05, 0.1) is 159 Å². The third-order valence-electron chi connectivity index (χ3n) is 23.5. The van der Waals surface area contributed by atoms with Crippen LogP contribution < -0.4 is 62.6 Å². The highest BCUT2D eigenvalue weighted by atomic mass is 19.1. The molecular weight excluding hydrogens is 1880 g/mol.